The first-order valence-corrected chi connectivity index (χ1v) is 5.28. The molecule has 0 N–H and O–H groups in total. The average Bonchev–Trinajstić information content (AvgIpc) is 2.87. The number of nitrogens with zero attached hydrogens (tertiary/aromatic N) is 4. The Balaban J connectivity index is 2.39. The number of methoxy groups -OCH3 is 1. The molecule has 0 aliphatic heterocycles. The smallest absolute Gasteiger partial charge is 0.377 e. The number of carbonyl (C=O) groups is 1. The summed E-state index contributed by atoms with van der Waals surface area (Å²) in [4.78, 5) is 25.2. The number of carbonyl (C=O) groups excluding carboxylic acids is 1. The van der Waals surface area contributed by atoms with E-state index in [2.05, 4.69) is 14.8 Å². The Morgan fingerprint density at radius 1 is 1.47 bits per heavy atom. The van der Waals surface area contributed by atoms with Crippen molar-refractivity contribution < 1.29 is 14.5 Å². The molecular formula is C11H10N4O4. The van der Waals surface area contributed by atoms with Gasteiger partial charge in [-0.05, 0) is 18.6 Å². The van der Waals surface area contributed by atoms with Gasteiger partial charge in [-0.1, -0.05) is 0 Å². The van der Waals surface area contributed by atoms with Crippen LogP contribution in [-0.4, -0.2) is 32.8 Å². The van der Waals surface area contributed by atoms with Gasteiger partial charge in [0.2, 0.25) is 0 Å². The van der Waals surface area contributed by atoms with E-state index in [4.69, 9.17) is 0 Å². The highest BCUT2D eigenvalue weighted by Crippen LogP contribution is 2.19. The molecule has 0 saturated carbocycles. The SMILES string of the molecule is COC(=O)c1ncn(-c2ccc([N+](=O)[O-])cc2C)n1. The third kappa shape index (κ3) is 2.41. The summed E-state index contributed by atoms with van der Waals surface area (Å²) >= 11 is 0. The third-order valence-corrected chi connectivity index (χ3v) is 2.50. The second-order valence-corrected chi connectivity index (χ2v) is 3.73. The summed E-state index contributed by atoms with van der Waals surface area (Å²) in [7, 11) is 1.24. The molecule has 0 aliphatic rings. The average molecular weight is 262 g/mol. The Labute approximate surface area is 107 Å². The van der Waals surface area contributed by atoms with E-state index in [1.54, 1.807) is 13.0 Å². The Bertz CT molecular complexity index is 650. The predicted molar refractivity (Wildman–Crippen MR) is 64.1 cm³/mol. The maximum atomic E-state index is 11.2. The number of non-ortho nitro benzene ring substituents is 1. The van der Waals surface area contributed by atoms with E-state index in [0.29, 0.717) is 11.3 Å². The summed E-state index contributed by atoms with van der Waals surface area (Å²) in [5.74, 6) is -0.710. The van der Waals surface area contributed by atoms with Crippen LogP contribution >= 0.6 is 0 Å². The van der Waals surface area contributed by atoms with Crippen LogP contribution < -0.4 is 0 Å². The lowest BCUT2D eigenvalue weighted by Crippen LogP contribution is -2.05. The highest BCUT2D eigenvalue weighted by atomic mass is 16.6. The molecule has 0 unspecified atom stereocenters. The fourth-order valence-corrected chi connectivity index (χ4v) is 1.57. The quantitative estimate of drug-likeness (QED) is 0.469. The molecule has 19 heavy (non-hydrogen) atoms. The second kappa shape index (κ2) is 4.84. The lowest BCUT2D eigenvalue weighted by atomic mass is 10.2. The molecule has 0 fully saturated rings. The van der Waals surface area contributed by atoms with Gasteiger partial charge in [0.1, 0.15) is 6.33 Å². The summed E-state index contributed by atoms with van der Waals surface area (Å²) in [6.07, 6.45) is 1.35. The maximum Gasteiger partial charge on any atom is 0.377 e. The van der Waals surface area contributed by atoms with Crippen molar-refractivity contribution in [3.8, 4) is 5.69 Å². The number of nitro groups is 1. The lowest BCUT2D eigenvalue weighted by Gasteiger charge is -2.04. The number of rotatable bonds is 3. The van der Waals surface area contributed by atoms with Gasteiger partial charge in [0, 0.05) is 12.1 Å². The largest absolute Gasteiger partial charge is 0.463 e. The van der Waals surface area contributed by atoms with Crippen LogP contribution in [0.1, 0.15) is 16.2 Å². The fraction of sp³-hybridized carbons (Fsp3) is 0.182. The number of benzene rings is 1. The van der Waals surface area contributed by atoms with Gasteiger partial charge in [-0.2, -0.15) is 0 Å². The van der Waals surface area contributed by atoms with Crippen LogP contribution in [0.4, 0.5) is 5.69 Å². The zero-order valence-corrected chi connectivity index (χ0v) is 10.2. The minimum Gasteiger partial charge on any atom is -0.463 e. The topological polar surface area (TPSA) is 100 Å². The normalized spacial score (nSPS) is 10.2. The second-order valence-electron chi connectivity index (χ2n) is 3.73. The molecule has 0 atom stereocenters. The predicted octanol–water partition coefficient (Wildman–Crippen LogP) is 1.27. The summed E-state index contributed by atoms with van der Waals surface area (Å²) in [6, 6.07) is 4.33. The Morgan fingerprint density at radius 2 is 2.21 bits per heavy atom. The molecule has 0 radical (unpaired) electrons. The van der Waals surface area contributed by atoms with Gasteiger partial charge < -0.3 is 4.74 Å². The Morgan fingerprint density at radius 3 is 2.79 bits per heavy atom. The molecule has 1 aromatic heterocycles. The highest BCUT2D eigenvalue weighted by Gasteiger charge is 2.14. The number of esters is 1. The van der Waals surface area contributed by atoms with Crippen molar-refractivity contribution in [1.29, 1.82) is 0 Å². The van der Waals surface area contributed by atoms with Gasteiger partial charge >= 0.3 is 5.97 Å². The Hall–Kier alpha value is -2.77. The maximum absolute atomic E-state index is 11.2. The van der Waals surface area contributed by atoms with Gasteiger partial charge in [0.05, 0.1) is 17.7 Å². The molecule has 0 spiro atoms. The van der Waals surface area contributed by atoms with Crippen LogP contribution in [0.15, 0.2) is 24.5 Å². The van der Waals surface area contributed by atoms with E-state index in [-0.39, 0.29) is 11.5 Å². The molecule has 0 bridgehead atoms. The number of nitro benzene ring substituents is 1. The van der Waals surface area contributed by atoms with Crippen LogP contribution in [0.2, 0.25) is 0 Å². The molecule has 0 aliphatic carbocycles. The van der Waals surface area contributed by atoms with Gasteiger partial charge in [-0.3, -0.25) is 10.1 Å². The van der Waals surface area contributed by atoms with Crippen molar-refractivity contribution in [2.24, 2.45) is 0 Å². The monoisotopic (exact) mass is 262 g/mol. The van der Waals surface area contributed by atoms with Crippen LogP contribution in [0.5, 0.6) is 0 Å². The summed E-state index contributed by atoms with van der Waals surface area (Å²) in [5, 5.41) is 14.6. The summed E-state index contributed by atoms with van der Waals surface area (Å²) < 4.78 is 5.87. The molecule has 1 aromatic carbocycles. The number of ether oxygens (including phenoxy) is 1. The standard InChI is InChI=1S/C11H10N4O4/c1-7-5-8(15(17)18)3-4-9(7)14-6-12-10(13-14)11(16)19-2/h3-6H,1-2H3. The van der Waals surface area contributed by atoms with Crippen molar-refractivity contribution in [3.63, 3.8) is 0 Å². The van der Waals surface area contributed by atoms with Gasteiger partial charge in [0.15, 0.2) is 0 Å². The Kier molecular flexibility index (Phi) is 3.23. The van der Waals surface area contributed by atoms with Crippen molar-refractivity contribution in [2.45, 2.75) is 6.92 Å². The first-order valence-electron chi connectivity index (χ1n) is 5.28. The fourth-order valence-electron chi connectivity index (χ4n) is 1.57. The number of hydrogen-bond donors (Lipinski definition) is 0. The van der Waals surface area contributed by atoms with E-state index in [9.17, 15) is 14.9 Å². The van der Waals surface area contributed by atoms with Crippen molar-refractivity contribution >= 4 is 11.7 Å². The van der Waals surface area contributed by atoms with E-state index in [0.717, 1.165) is 0 Å². The van der Waals surface area contributed by atoms with E-state index in [1.165, 1.54) is 30.3 Å². The zero-order chi connectivity index (χ0) is 14.0. The molecule has 8 heteroatoms. The van der Waals surface area contributed by atoms with Gasteiger partial charge in [0.25, 0.3) is 11.5 Å². The number of hydrogen-bond acceptors (Lipinski definition) is 6. The molecule has 0 saturated heterocycles. The minimum absolute atomic E-state index is 0.00504. The molecule has 8 nitrogen and oxygen atoms in total. The van der Waals surface area contributed by atoms with Crippen molar-refractivity contribution in [2.75, 3.05) is 7.11 Å². The van der Waals surface area contributed by atoms with Crippen molar-refractivity contribution in [3.05, 3.63) is 46.0 Å². The van der Waals surface area contributed by atoms with Crippen LogP contribution in [0.3, 0.4) is 0 Å². The zero-order valence-electron chi connectivity index (χ0n) is 10.2. The first kappa shape index (κ1) is 12.7. The molecule has 98 valence electrons. The van der Waals surface area contributed by atoms with Gasteiger partial charge in [-0.25, -0.2) is 14.5 Å². The molecular weight excluding hydrogens is 252 g/mol. The lowest BCUT2D eigenvalue weighted by molar-refractivity contribution is -0.384. The first-order chi connectivity index (χ1) is 9.02. The molecule has 1 heterocycles. The highest BCUT2D eigenvalue weighted by molar-refractivity contribution is 5.84. The minimum atomic E-state index is -0.640. The van der Waals surface area contributed by atoms with E-state index >= 15 is 0 Å². The summed E-state index contributed by atoms with van der Waals surface area (Å²) in [5.41, 5.74) is 1.25. The summed E-state index contributed by atoms with van der Waals surface area (Å²) in [6.45, 7) is 1.71. The molecule has 2 rings (SSSR count). The van der Waals surface area contributed by atoms with E-state index < -0.39 is 10.9 Å². The van der Waals surface area contributed by atoms with E-state index in [1.807, 2.05) is 0 Å². The molecule has 0 amide bonds. The third-order valence-electron chi connectivity index (χ3n) is 2.50. The number of aromatic nitrogens is 3. The van der Waals surface area contributed by atoms with Crippen molar-refractivity contribution in [1.82, 2.24) is 14.8 Å². The van der Waals surface area contributed by atoms with Gasteiger partial charge in [-0.15, -0.1) is 5.10 Å². The van der Waals surface area contributed by atoms with Crippen LogP contribution in [0, 0.1) is 17.0 Å². The molecule has 2 aromatic rings. The van der Waals surface area contributed by atoms with Crippen LogP contribution in [-0.2, 0) is 4.74 Å². The number of aryl methyl sites for hydroxylation is 1. The van der Waals surface area contributed by atoms with Crippen LogP contribution in [0.25, 0.3) is 5.69 Å².